The molecule has 1 aromatic heterocycles. The Bertz CT molecular complexity index is 774. The lowest BCUT2D eigenvalue weighted by Crippen LogP contribution is -2.47. The molecular weight excluding hydrogens is 357 g/mol. The number of carbonyl (C=O) groups excluding carboxylic acids is 1. The Morgan fingerprint density at radius 2 is 1.59 bits per heavy atom. The van der Waals surface area contributed by atoms with Gasteiger partial charge in [-0.25, -0.2) is 0 Å². The molecule has 2 aromatic rings. The quantitative estimate of drug-likeness (QED) is 0.817. The van der Waals surface area contributed by atoms with Crippen LogP contribution in [-0.2, 0) is 17.4 Å². The number of halogens is 3. The smallest absolute Gasteiger partial charge is 0.337 e. The van der Waals surface area contributed by atoms with Gasteiger partial charge in [0.25, 0.3) is 0 Å². The molecule has 1 amide bonds. The van der Waals surface area contributed by atoms with E-state index in [2.05, 4.69) is 10.2 Å². The molecule has 0 radical (unpaired) electrons. The van der Waals surface area contributed by atoms with Crippen LogP contribution in [0.2, 0.25) is 0 Å². The Hall–Kier alpha value is -2.38. The topological polar surface area (TPSA) is 51.0 Å². The number of amides is 1. The molecule has 0 aliphatic carbocycles. The summed E-state index contributed by atoms with van der Waals surface area (Å²) in [4.78, 5) is 16.5. The summed E-state index contributed by atoms with van der Waals surface area (Å²) in [7, 11) is 0. The molecule has 2 saturated heterocycles. The zero-order chi connectivity index (χ0) is 19.0. The van der Waals surface area contributed by atoms with E-state index >= 15 is 0 Å². The Kier molecular flexibility index (Phi) is 4.65. The average Bonchev–Trinajstić information content (AvgIpc) is 3.26. The van der Waals surface area contributed by atoms with Crippen LogP contribution in [0.5, 0.6) is 0 Å². The van der Waals surface area contributed by atoms with E-state index in [4.69, 9.17) is 0 Å². The van der Waals surface area contributed by atoms with E-state index in [0.717, 1.165) is 43.4 Å². The molecule has 8 heteroatoms. The number of hydrogen-bond acceptors (Lipinski definition) is 3. The zero-order valence-corrected chi connectivity index (χ0v) is 14.8. The SMILES string of the molecule is O=C(CCc1ccc(C(F)(F)F)cc1)N1C2CCC1CC(n1nccn1)C2. The number of aromatic nitrogens is 3. The Labute approximate surface area is 155 Å². The summed E-state index contributed by atoms with van der Waals surface area (Å²) in [6, 6.07) is 5.72. The number of aryl methyl sites for hydroxylation is 1. The minimum atomic E-state index is -4.33. The third-order valence-electron chi connectivity index (χ3n) is 5.67. The van der Waals surface area contributed by atoms with Gasteiger partial charge in [-0.05, 0) is 49.8 Å². The van der Waals surface area contributed by atoms with Crippen LogP contribution in [0.25, 0.3) is 0 Å². The van der Waals surface area contributed by atoms with Crippen LogP contribution in [0.1, 0.15) is 49.3 Å². The second kappa shape index (κ2) is 6.98. The van der Waals surface area contributed by atoms with E-state index in [1.165, 1.54) is 12.1 Å². The van der Waals surface area contributed by atoms with Crippen LogP contribution < -0.4 is 0 Å². The van der Waals surface area contributed by atoms with Gasteiger partial charge >= 0.3 is 6.18 Å². The van der Waals surface area contributed by atoms with Crippen LogP contribution in [0.4, 0.5) is 13.2 Å². The monoisotopic (exact) mass is 378 g/mol. The van der Waals surface area contributed by atoms with Gasteiger partial charge in [0, 0.05) is 18.5 Å². The van der Waals surface area contributed by atoms with E-state index < -0.39 is 11.7 Å². The summed E-state index contributed by atoms with van der Waals surface area (Å²) in [6.45, 7) is 0. The molecule has 2 bridgehead atoms. The highest BCUT2D eigenvalue weighted by atomic mass is 19.4. The minimum absolute atomic E-state index is 0.0919. The van der Waals surface area contributed by atoms with Crippen molar-refractivity contribution in [3.8, 4) is 0 Å². The molecule has 2 unspecified atom stereocenters. The van der Waals surface area contributed by atoms with Gasteiger partial charge < -0.3 is 4.90 Å². The number of rotatable bonds is 4. The first kappa shape index (κ1) is 18.0. The predicted molar refractivity (Wildman–Crippen MR) is 91.7 cm³/mol. The Morgan fingerprint density at radius 3 is 2.15 bits per heavy atom. The lowest BCUT2D eigenvalue weighted by atomic mass is 9.96. The van der Waals surface area contributed by atoms with Crippen molar-refractivity contribution >= 4 is 5.91 Å². The first-order chi connectivity index (χ1) is 12.9. The fourth-order valence-electron chi connectivity index (χ4n) is 4.40. The number of piperidine rings is 1. The maximum absolute atomic E-state index is 12.8. The maximum atomic E-state index is 12.8. The molecule has 3 heterocycles. The molecule has 2 aliphatic heterocycles. The largest absolute Gasteiger partial charge is 0.416 e. The molecule has 2 fully saturated rings. The van der Waals surface area contributed by atoms with E-state index in [1.807, 2.05) is 4.90 Å². The number of carbonyl (C=O) groups is 1. The van der Waals surface area contributed by atoms with E-state index in [-0.39, 0.29) is 24.0 Å². The van der Waals surface area contributed by atoms with Crippen molar-refractivity contribution in [3.63, 3.8) is 0 Å². The first-order valence-corrected chi connectivity index (χ1v) is 9.25. The fourth-order valence-corrected chi connectivity index (χ4v) is 4.40. The second-order valence-electron chi connectivity index (χ2n) is 7.36. The summed E-state index contributed by atoms with van der Waals surface area (Å²) in [6.07, 6.45) is 3.49. The van der Waals surface area contributed by atoms with Crippen LogP contribution in [0.15, 0.2) is 36.7 Å². The highest BCUT2D eigenvalue weighted by Gasteiger charge is 2.43. The zero-order valence-electron chi connectivity index (χ0n) is 14.8. The van der Waals surface area contributed by atoms with Crippen molar-refractivity contribution in [2.75, 3.05) is 0 Å². The van der Waals surface area contributed by atoms with Crippen molar-refractivity contribution in [2.45, 2.75) is 62.8 Å². The number of fused-ring (bicyclic) bond motifs is 2. The summed E-state index contributed by atoms with van der Waals surface area (Å²) >= 11 is 0. The normalized spacial score (nSPS) is 25.0. The van der Waals surface area contributed by atoms with Crippen molar-refractivity contribution < 1.29 is 18.0 Å². The third kappa shape index (κ3) is 3.70. The highest BCUT2D eigenvalue weighted by Crippen LogP contribution is 2.40. The van der Waals surface area contributed by atoms with Gasteiger partial charge in [0.05, 0.1) is 24.0 Å². The van der Waals surface area contributed by atoms with Crippen LogP contribution in [0.3, 0.4) is 0 Å². The Balaban J connectivity index is 1.35. The molecule has 5 nitrogen and oxygen atoms in total. The van der Waals surface area contributed by atoms with Crippen LogP contribution in [-0.4, -0.2) is 37.9 Å². The first-order valence-electron chi connectivity index (χ1n) is 9.25. The number of alkyl halides is 3. The molecule has 2 atom stereocenters. The molecule has 27 heavy (non-hydrogen) atoms. The van der Waals surface area contributed by atoms with E-state index in [9.17, 15) is 18.0 Å². The molecule has 0 N–H and O–H groups in total. The van der Waals surface area contributed by atoms with Crippen molar-refractivity contribution in [1.29, 1.82) is 0 Å². The van der Waals surface area contributed by atoms with Gasteiger partial charge in [-0.2, -0.15) is 28.2 Å². The van der Waals surface area contributed by atoms with Gasteiger partial charge in [0.2, 0.25) is 5.91 Å². The van der Waals surface area contributed by atoms with Crippen LogP contribution in [0, 0.1) is 0 Å². The minimum Gasteiger partial charge on any atom is -0.337 e. The van der Waals surface area contributed by atoms with Crippen LogP contribution >= 0.6 is 0 Å². The number of nitrogens with zero attached hydrogens (tertiary/aromatic N) is 4. The molecule has 144 valence electrons. The van der Waals surface area contributed by atoms with E-state index in [0.29, 0.717) is 12.8 Å². The van der Waals surface area contributed by atoms with Crippen molar-refractivity contribution in [3.05, 3.63) is 47.8 Å². The molecule has 4 rings (SSSR count). The molecule has 1 aromatic carbocycles. The molecule has 0 spiro atoms. The molecule has 0 saturated carbocycles. The maximum Gasteiger partial charge on any atom is 0.416 e. The lowest BCUT2D eigenvalue weighted by Gasteiger charge is -2.38. The highest BCUT2D eigenvalue weighted by molar-refractivity contribution is 5.77. The standard InChI is InChI=1S/C19H21F3N4O/c20-19(21,22)14-4-1-13(2-5-14)3-8-18(27)25-15-6-7-16(25)12-17(11-15)26-23-9-10-24-26/h1-2,4-5,9-10,15-17H,3,6-8,11-12H2. The van der Waals surface area contributed by atoms with Crippen molar-refractivity contribution in [2.24, 2.45) is 0 Å². The lowest BCUT2D eigenvalue weighted by molar-refractivity contribution is -0.138. The summed E-state index contributed by atoms with van der Waals surface area (Å²) in [5.41, 5.74) is 0.0873. The third-order valence-corrected chi connectivity index (χ3v) is 5.67. The van der Waals surface area contributed by atoms with Gasteiger partial charge in [0.1, 0.15) is 0 Å². The molecular formula is C19H21F3N4O. The number of hydrogen-bond donors (Lipinski definition) is 0. The van der Waals surface area contributed by atoms with Crippen molar-refractivity contribution in [1.82, 2.24) is 19.9 Å². The van der Waals surface area contributed by atoms with E-state index in [1.54, 1.807) is 17.2 Å². The number of benzene rings is 1. The average molecular weight is 378 g/mol. The van der Waals surface area contributed by atoms with Gasteiger partial charge in [-0.1, -0.05) is 12.1 Å². The summed E-state index contributed by atoms with van der Waals surface area (Å²) < 4.78 is 37.9. The summed E-state index contributed by atoms with van der Waals surface area (Å²) in [5, 5.41) is 8.46. The van der Waals surface area contributed by atoms with Gasteiger partial charge in [-0.3, -0.25) is 4.79 Å². The van der Waals surface area contributed by atoms with Gasteiger partial charge in [0.15, 0.2) is 0 Å². The Morgan fingerprint density at radius 1 is 1.00 bits per heavy atom. The second-order valence-corrected chi connectivity index (χ2v) is 7.36. The fraction of sp³-hybridized carbons (Fsp3) is 0.526. The van der Waals surface area contributed by atoms with Gasteiger partial charge in [-0.15, -0.1) is 0 Å². The predicted octanol–water partition coefficient (Wildman–Crippen LogP) is 3.62. The molecule has 2 aliphatic rings. The summed E-state index contributed by atoms with van der Waals surface area (Å²) in [5.74, 6) is 0.0919.